The molecular formula is C16H16N4O. The molecule has 0 radical (unpaired) electrons. The maximum atomic E-state index is 5.56. The fourth-order valence-corrected chi connectivity index (χ4v) is 2.57. The fraction of sp³-hybridized carbons (Fsp3) is 0.250. The highest BCUT2D eigenvalue weighted by atomic mass is 16.3. The van der Waals surface area contributed by atoms with Crippen LogP contribution in [0.3, 0.4) is 0 Å². The summed E-state index contributed by atoms with van der Waals surface area (Å²) in [5.74, 6) is 0.900. The predicted molar refractivity (Wildman–Crippen MR) is 82.3 cm³/mol. The summed E-state index contributed by atoms with van der Waals surface area (Å²) in [5, 5.41) is 4.34. The van der Waals surface area contributed by atoms with Crippen LogP contribution in [0.25, 0.3) is 22.2 Å². The second-order valence-electron chi connectivity index (χ2n) is 5.33. The van der Waals surface area contributed by atoms with Crippen LogP contribution < -0.4 is 10.2 Å². The molecule has 4 rings (SSSR count). The first kappa shape index (κ1) is 12.3. The van der Waals surface area contributed by atoms with Gasteiger partial charge in [-0.2, -0.15) is 0 Å². The van der Waals surface area contributed by atoms with E-state index in [0.29, 0.717) is 6.04 Å². The Hall–Kier alpha value is -2.40. The molecular weight excluding hydrogens is 264 g/mol. The molecule has 2 aromatic heterocycles. The lowest BCUT2D eigenvalue weighted by Gasteiger charge is -2.36. The Kier molecular flexibility index (Phi) is 2.86. The van der Waals surface area contributed by atoms with Gasteiger partial charge in [-0.3, -0.25) is 4.98 Å². The van der Waals surface area contributed by atoms with Crippen LogP contribution in [0.2, 0.25) is 0 Å². The van der Waals surface area contributed by atoms with Crippen molar-refractivity contribution >= 4 is 16.8 Å². The van der Waals surface area contributed by atoms with E-state index in [-0.39, 0.29) is 0 Å². The average Bonchev–Trinajstić information content (AvgIpc) is 2.94. The molecule has 1 aliphatic heterocycles. The number of rotatable bonds is 3. The number of nitrogens with one attached hydrogen (secondary N) is 1. The van der Waals surface area contributed by atoms with E-state index in [1.54, 1.807) is 6.26 Å². The molecule has 3 aromatic rings. The van der Waals surface area contributed by atoms with Gasteiger partial charge in [-0.15, -0.1) is 0 Å². The standard InChI is InChI=1S/C16H16N4O/c1-20(12-7-17-8-12)15-10-18-14(9-19-15)13-4-2-3-11-5-6-21-16(11)13/h2-6,9-10,12,17H,7-8H2,1H3. The molecule has 0 saturated carbocycles. The molecule has 1 aromatic carbocycles. The molecule has 21 heavy (non-hydrogen) atoms. The van der Waals surface area contributed by atoms with Crippen molar-refractivity contribution in [2.45, 2.75) is 6.04 Å². The van der Waals surface area contributed by atoms with Gasteiger partial charge in [-0.05, 0) is 12.1 Å². The summed E-state index contributed by atoms with van der Waals surface area (Å²) in [6.07, 6.45) is 5.35. The van der Waals surface area contributed by atoms with Gasteiger partial charge in [0.15, 0.2) is 0 Å². The van der Waals surface area contributed by atoms with Crippen LogP contribution in [0, 0.1) is 0 Å². The van der Waals surface area contributed by atoms with Crippen LogP contribution in [-0.4, -0.2) is 36.1 Å². The third-order valence-electron chi connectivity index (χ3n) is 4.06. The van der Waals surface area contributed by atoms with Crippen molar-refractivity contribution in [3.05, 3.63) is 42.9 Å². The predicted octanol–water partition coefficient (Wildman–Crippen LogP) is 2.30. The van der Waals surface area contributed by atoms with Crippen LogP contribution in [0.15, 0.2) is 47.3 Å². The number of fused-ring (bicyclic) bond motifs is 1. The molecule has 1 N–H and O–H groups in total. The summed E-state index contributed by atoms with van der Waals surface area (Å²) in [6.45, 7) is 2.01. The molecule has 106 valence electrons. The zero-order valence-electron chi connectivity index (χ0n) is 11.8. The first-order chi connectivity index (χ1) is 10.3. The van der Waals surface area contributed by atoms with Crippen LogP contribution in [0.1, 0.15) is 0 Å². The number of hydrogen-bond acceptors (Lipinski definition) is 5. The second-order valence-corrected chi connectivity index (χ2v) is 5.33. The Morgan fingerprint density at radius 3 is 2.81 bits per heavy atom. The van der Waals surface area contributed by atoms with Gasteiger partial charge in [0.2, 0.25) is 0 Å². The highest BCUT2D eigenvalue weighted by Crippen LogP contribution is 2.28. The van der Waals surface area contributed by atoms with Gasteiger partial charge in [0.1, 0.15) is 11.4 Å². The van der Waals surface area contributed by atoms with Crippen LogP contribution in [0.4, 0.5) is 5.82 Å². The van der Waals surface area contributed by atoms with Crippen LogP contribution in [0.5, 0.6) is 0 Å². The lowest BCUT2D eigenvalue weighted by molar-refractivity contribution is 0.426. The summed E-state index contributed by atoms with van der Waals surface area (Å²) in [6, 6.07) is 8.52. The molecule has 0 atom stereocenters. The average molecular weight is 280 g/mol. The maximum Gasteiger partial charge on any atom is 0.147 e. The molecule has 0 spiro atoms. The van der Waals surface area contributed by atoms with Gasteiger partial charge in [0.25, 0.3) is 0 Å². The Morgan fingerprint density at radius 1 is 1.19 bits per heavy atom. The lowest BCUT2D eigenvalue weighted by Crippen LogP contribution is -2.56. The van der Waals surface area contributed by atoms with E-state index >= 15 is 0 Å². The summed E-state index contributed by atoms with van der Waals surface area (Å²) >= 11 is 0. The normalized spacial score (nSPS) is 15.1. The highest BCUT2D eigenvalue weighted by Gasteiger charge is 2.22. The molecule has 1 saturated heterocycles. The lowest BCUT2D eigenvalue weighted by atomic mass is 10.1. The summed E-state index contributed by atoms with van der Waals surface area (Å²) in [4.78, 5) is 11.3. The maximum absolute atomic E-state index is 5.56. The summed E-state index contributed by atoms with van der Waals surface area (Å²) in [7, 11) is 2.06. The number of nitrogens with zero attached hydrogens (tertiary/aromatic N) is 3. The third-order valence-corrected chi connectivity index (χ3v) is 4.06. The largest absolute Gasteiger partial charge is 0.464 e. The van der Waals surface area contributed by atoms with E-state index in [4.69, 9.17) is 4.42 Å². The number of benzene rings is 1. The van der Waals surface area contributed by atoms with Crippen molar-refractivity contribution < 1.29 is 4.42 Å². The molecule has 0 amide bonds. The van der Waals surface area contributed by atoms with Crippen LogP contribution in [-0.2, 0) is 0 Å². The second kappa shape index (κ2) is 4.86. The topological polar surface area (TPSA) is 54.2 Å². The van der Waals surface area contributed by atoms with Crippen molar-refractivity contribution in [3.8, 4) is 11.3 Å². The van der Waals surface area contributed by atoms with E-state index in [9.17, 15) is 0 Å². The molecule has 3 heterocycles. The molecule has 5 heteroatoms. The Morgan fingerprint density at radius 2 is 2.10 bits per heavy atom. The van der Waals surface area contributed by atoms with Gasteiger partial charge < -0.3 is 14.6 Å². The van der Waals surface area contributed by atoms with Gasteiger partial charge in [-0.25, -0.2) is 4.98 Å². The molecule has 1 fully saturated rings. The smallest absolute Gasteiger partial charge is 0.147 e. The van der Waals surface area contributed by atoms with Crippen molar-refractivity contribution in [1.82, 2.24) is 15.3 Å². The summed E-state index contributed by atoms with van der Waals surface area (Å²) in [5.41, 5.74) is 2.67. The highest BCUT2D eigenvalue weighted by molar-refractivity contribution is 5.91. The fourth-order valence-electron chi connectivity index (χ4n) is 2.57. The van der Waals surface area contributed by atoms with Gasteiger partial charge in [0.05, 0.1) is 30.4 Å². The number of hydrogen-bond donors (Lipinski definition) is 1. The minimum absolute atomic E-state index is 0.513. The molecule has 5 nitrogen and oxygen atoms in total. The minimum Gasteiger partial charge on any atom is -0.464 e. The van der Waals surface area contributed by atoms with Crippen molar-refractivity contribution in [2.24, 2.45) is 0 Å². The Balaban J connectivity index is 1.68. The molecule has 0 bridgehead atoms. The molecule has 0 aliphatic carbocycles. The minimum atomic E-state index is 0.513. The number of anilines is 1. The Labute approximate surface area is 122 Å². The first-order valence-electron chi connectivity index (χ1n) is 7.05. The monoisotopic (exact) mass is 280 g/mol. The quantitative estimate of drug-likeness (QED) is 0.798. The van der Waals surface area contributed by atoms with E-state index in [2.05, 4.69) is 27.2 Å². The van der Waals surface area contributed by atoms with E-state index in [1.807, 2.05) is 36.7 Å². The van der Waals surface area contributed by atoms with Gasteiger partial charge in [-0.1, -0.05) is 12.1 Å². The van der Waals surface area contributed by atoms with Crippen molar-refractivity contribution in [3.63, 3.8) is 0 Å². The number of para-hydroxylation sites is 1. The summed E-state index contributed by atoms with van der Waals surface area (Å²) < 4.78 is 5.56. The van der Waals surface area contributed by atoms with Crippen molar-refractivity contribution in [1.29, 1.82) is 0 Å². The first-order valence-corrected chi connectivity index (χ1v) is 7.05. The van der Waals surface area contributed by atoms with E-state index < -0.39 is 0 Å². The SMILES string of the molecule is CN(c1cnc(-c2cccc3ccoc23)cn1)C1CNC1. The van der Waals surface area contributed by atoms with Crippen LogP contribution >= 0.6 is 0 Å². The Bertz CT molecular complexity index is 761. The van der Waals surface area contributed by atoms with E-state index in [1.165, 1.54) is 0 Å². The molecule has 0 unspecified atom stereocenters. The molecule has 1 aliphatic rings. The zero-order chi connectivity index (χ0) is 14.2. The number of furan rings is 1. The number of aromatic nitrogens is 2. The zero-order valence-corrected chi connectivity index (χ0v) is 11.8. The van der Waals surface area contributed by atoms with Crippen molar-refractivity contribution in [2.75, 3.05) is 25.0 Å². The van der Waals surface area contributed by atoms with Gasteiger partial charge >= 0.3 is 0 Å². The van der Waals surface area contributed by atoms with Gasteiger partial charge in [0, 0.05) is 31.1 Å². The number of likely N-dealkylation sites (N-methyl/N-ethyl adjacent to an activating group) is 1. The van der Waals surface area contributed by atoms with E-state index in [0.717, 1.165) is 41.1 Å². The third kappa shape index (κ3) is 2.06.